The number of anilines is 1. The van der Waals surface area contributed by atoms with Gasteiger partial charge >= 0.3 is 0 Å². The minimum atomic E-state index is -0.499. The summed E-state index contributed by atoms with van der Waals surface area (Å²) in [6.45, 7) is 5.81. The minimum Gasteiger partial charge on any atom is -0.457 e. The normalized spacial score (nSPS) is 18.7. The molecule has 1 aliphatic rings. The maximum Gasteiger partial charge on any atom is 0.244 e. The molecule has 1 unspecified atom stereocenters. The van der Waals surface area contributed by atoms with Gasteiger partial charge in [0.05, 0.1) is 5.54 Å². The number of hydrogen-bond acceptors (Lipinski definition) is 3. The number of rotatable bonds is 6. The summed E-state index contributed by atoms with van der Waals surface area (Å²) in [7, 11) is 0. The monoisotopic (exact) mass is 386 g/mol. The van der Waals surface area contributed by atoms with Gasteiger partial charge in [0.1, 0.15) is 11.5 Å². The molecule has 4 rings (SSSR count). The third kappa shape index (κ3) is 4.33. The van der Waals surface area contributed by atoms with Crippen molar-refractivity contribution in [2.75, 3.05) is 11.9 Å². The van der Waals surface area contributed by atoms with E-state index in [4.69, 9.17) is 4.74 Å². The van der Waals surface area contributed by atoms with Crippen molar-refractivity contribution in [2.45, 2.75) is 32.4 Å². The standard InChI is InChI=1S/C25H26N2O2/c1-19-11-13-20(14-12-19)18-27-16-15-25(27,2)24(28)26-21-7-6-10-23(17-21)29-22-8-4-3-5-9-22/h3-14,17H,15-16,18H2,1-2H3,(H,26,28). The Morgan fingerprint density at radius 1 is 1.00 bits per heavy atom. The van der Waals surface area contributed by atoms with Gasteiger partial charge in [-0.25, -0.2) is 0 Å². The van der Waals surface area contributed by atoms with Crippen LogP contribution in [0.1, 0.15) is 24.5 Å². The number of carbonyl (C=O) groups is 1. The van der Waals surface area contributed by atoms with Gasteiger partial charge in [-0.15, -0.1) is 0 Å². The predicted octanol–water partition coefficient (Wildman–Crippen LogP) is 5.39. The smallest absolute Gasteiger partial charge is 0.244 e. The van der Waals surface area contributed by atoms with E-state index in [1.807, 2.05) is 61.5 Å². The van der Waals surface area contributed by atoms with E-state index >= 15 is 0 Å². The van der Waals surface area contributed by atoms with Gasteiger partial charge in [-0.05, 0) is 50.1 Å². The molecule has 1 saturated heterocycles. The number of aryl methyl sites for hydroxylation is 1. The lowest BCUT2D eigenvalue weighted by molar-refractivity contribution is -0.136. The van der Waals surface area contributed by atoms with Crippen LogP contribution < -0.4 is 10.1 Å². The van der Waals surface area contributed by atoms with Crippen molar-refractivity contribution in [1.82, 2.24) is 4.90 Å². The minimum absolute atomic E-state index is 0.0210. The Bertz CT molecular complexity index is 985. The number of amides is 1. The fraction of sp³-hybridized carbons (Fsp3) is 0.240. The average molecular weight is 386 g/mol. The van der Waals surface area contributed by atoms with Gasteiger partial charge in [0.2, 0.25) is 5.91 Å². The molecule has 1 heterocycles. The SMILES string of the molecule is Cc1ccc(CN2CCC2(C)C(=O)Nc2cccc(Oc3ccccc3)c2)cc1. The molecule has 148 valence electrons. The van der Waals surface area contributed by atoms with Crippen molar-refractivity contribution in [1.29, 1.82) is 0 Å². The molecule has 1 aliphatic heterocycles. The quantitative estimate of drug-likeness (QED) is 0.617. The highest BCUT2D eigenvalue weighted by atomic mass is 16.5. The molecule has 0 spiro atoms. The molecule has 3 aromatic carbocycles. The van der Waals surface area contributed by atoms with Crippen LogP contribution in [0.4, 0.5) is 5.69 Å². The van der Waals surface area contributed by atoms with Gasteiger partial charge in [-0.1, -0.05) is 54.1 Å². The van der Waals surface area contributed by atoms with Gasteiger partial charge in [-0.3, -0.25) is 9.69 Å². The van der Waals surface area contributed by atoms with Crippen molar-refractivity contribution >= 4 is 11.6 Å². The molecule has 1 atom stereocenters. The van der Waals surface area contributed by atoms with Gasteiger partial charge < -0.3 is 10.1 Å². The van der Waals surface area contributed by atoms with Crippen LogP contribution in [0.5, 0.6) is 11.5 Å². The van der Waals surface area contributed by atoms with E-state index in [1.165, 1.54) is 11.1 Å². The van der Waals surface area contributed by atoms with Gasteiger partial charge in [0, 0.05) is 24.8 Å². The lowest BCUT2D eigenvalue weighted by atomic mass is 9.85. The first-order valence-corrected chi connectivity index (χ1v) is 9.98. The van der Waals surface area contributed by atoms with Crippen molar-refractivity contribution in [3.05, 3.63) is 90.0 Å². The molecule has 29 heavy (non-hydrogen) atoms. The van der Waals surface area contributed by atoms with Crippen LogP contribution in [0, 0.1) is 6.92 Å². The molecule has 3 aromatic rings. The molecule has 1 N–H and O–H groups in total. The number of ether oxygens (including phenoxy) is 1. The molecular weight excluding hydrogens is 360 g/mol. The van der Waals surface area contributed by atoms with Gasteiger partial charge in [0.15, 0.2) is 0 Å². The van der Waals surface area contributed by atoms with Crippen LogP contribution in [0.25, 0.3) is 0 Å². The molecule has 0 bridgehead atoms. The Morgan fingerprint density at radius 3 is 2.41 bits per heavy atom. The highest BCUT2D eigenvalue weighted by molar-refractivity contribution is 5.98. The topological polar surface area (TPSA) is 41.6 Å². The Balaban J connectivity index is 1.42. The molecule has 4 heteroatoms. The molecular formula is C25H26N2O2. The molecule has 0 saturated carbocycles. The maximum absolute atomic E-state index is 13.0. The number of hydrogen-bond donors (Lipinski definition) is 1. The molecule has 0 aromatic heterocycles. The summed E-state index contributed by atoms with van der Waals surface area (Å²) in [5.41, 5.74) is 2.72. The van der Waals surface area contributed by atoms with Gasteiger partial charge in [-0.2, -0.15) is 0 Å². The van der Waals surface area contributed by atoms with E-state index in [0.717, 1.165) is 30.9 Å². The van der Waals surface area contributed by atoms with E-state index in [9.17, 15) is 4.79 Å². The number of para-hydroxylation sites is 1. The Labute approximate surface area is 172 Å². The first-order valence-electron chi connectivity index (χ1n) is 9.98. The lowest BCUT2D eigenvalue weighted by Crippen LogP contribution is -2.63. The Hall–Kier alpha value is -3.11. The molecule has 0 aliphatic carbocycles. The Morgan fingerprint density at radius 2 is 1.72 bits per heavy atom. The van der Waals surface area contributed by atoms with E-state index in [0.29, 0.717) is 5.75 Å². The zero-order valence-corrected chi connectivity index (χ0v) is 16.9. The van der Waals surface area contributed by atoms with Crippen molar-refractivity contribution in [2.24, 2.45) is 0 Å². The summed E-state index contributed by atoms with van der Waals surface area (Å²) in [6.07, 6.45) is 0.852. The van der Waals surface area contributed by atoms with Crippen LogP contribution in [0.15, 0.2) is 78.9 Å². The highest BCUT2D eigenvalue weighted by Crippen LogP contribution is 2.34. The van der Waals surface area contributed by atoms with Crippen molar-refractivity contribution in [3.8, 4) is 11.5 Å². The molecule has 1 fully saturated rings. The summed E-state index contributed by atoms with van der Waals surface area (Å²) in [6, 6.07) is 25.7. The van der Waals surface area contributed by atoms with Crippen molar-refractivity contribution in [3.63, 3.8) is 0 Å². The second kappa shape index (κ2) is 8.10. The predicted molar refractivity (Wildman–Crippen MR) is 116 cm³/mol. The second-order valence-corrected chi connectivity index (χ2v) is 7.83. The van der Waals surface area contributed by atoms with E-state index < -0.39 is 5.54 Å². The van der Waals surface area contributed by atoms with Crippen molar-refractivity contribution < 1.29 is 9.53 Å². The first kappa shape index (κ1) is 19.2. The van der Waals surface area contributed by atoms with Crippen LogP contribution in [0.2, 0.25) is 0 Å². The zero-order chi connectivity index (χ0) is 20.3. The first-order chi connectivity index (χ1) is 14.0. The summed E-state index contributed by atoms with van der Waals surface area (Å²) >= 11 is 0. The molecule has 0 radical (unpaired) electrons. The van der Waals surface area contributed by atoms with E-state index in [2.05, 4.69) is 41.4 Å². The van der Waals surface area contributed by atoms with Crippen LogP contribution in [-0.2, 0) is 11.3 Å². The summed E-state index contributed by atoms with van der Waals surface area (Å²) in [5.74, 6) is 1.49. The fourth-order valence-corrected chi connectivity index (χ4v) is 3.56. The molecule has 4 nitrogen and oxygen atoms in total. The van der Waals surface area contributed by atoms with E-state index in [1.54, 1.807) is 0 Å². The Kier molecular flexibility index (Phi) is 5.36. The van der Waals surface area contributed by atoms with Crippen LogP contribution >= 0.6 is 0 Å². The lowest BCUT2D eigenvalue weighted by Gasteiger charge is -2.49. The number of nitrogens with zero attached hydrogens (tertiary/aromatic N) is 1. The van der Waals surface area contributed by atoms with Crippen LogP contribution in [0.3, 0.4) is 0 Å². The number of benzene rings is 3. The summed E-state index contributed by atoms with van der Waals surface area (Å²) < 4.78 is 5.87. The number of nitrogens with one attached hydrogen (secondary N) is 1. The number of carbonyl (C=O) groups excluding carboxylic acids is 1. The van der Waals surface area contributed by atoms with Crippen LogP contribution in [-0.4, -0.2) is 22.9 Å². The summed E-state index contributed by atoms with van der Waals surface area (Å²) in [5, 5.41) is 3.07. The number of likely N-dealkylation sites (tertiary alicyclic amines) is 1. The average Bonchev–Trinajstić information content (AvgIpc) is 2.73. The maximum atomic E-state index is 13.0. The molecule has 1 amide bonds. The third-order valence-electron chi connectivity index (χ3n) is 5.62. The third-order valence-corrected chi connectivity index (χ3v) is 5.62. The fourth-order valence-electron chi connectivity index (χ4n) is 3.56. The summed E-state index contributed by atoms with van der Waals surface area (Å²) in [4.78, 5) is 15.3. The largest absolute Gasteiger partial charge is 0.457 e. The zero-order valence-electron chi connectivity index (χ0n) is 16.9. The second-order valence-electron chi connectivity index (χ2n) is 7.83. The highest BCUT2D eigenvalue weighted by Gasteiger charge is 2.46. The van der Waals surface area contributed by atoms with Gasteiger partial charge in [0.25, 0.3) is 0 Å². The van der Waals surface area contributed by atoms with E-state index in [-0.39, 0.29) is 5.91 Å².